The number of imidazole rings is 1. The molecule has 4 heterocycles. The van der Waals surface area contributed by atoms with E-state index in [2.05, 4.69) is 27.4 Å². The first-order valence-electron chi connectivity index (χ1n) is 15.6. The highest BCUT2D eigenvalue weighted by Gasteiger charge is 2.26. The number of hydrogen-bond acceptors (Lipinski definition) is 8. The molecule has 242 valence electrons. The van der Waals surface area contributed by atoms with Crippen LogP contribution in [-0.2, 0) is 17.8 Å². The van der Waals surface area contributed by atoms with E-state index in [0.29, 0.717) is 37.9 Å². The second kappa shape index (κ2) is 14.3. The maximum atomic E-state index is 12.7. The second-order valence-corrected chi connectivity index (χ2v) is 11.8. The Morgan fingerprint density at radius 3 is 2.70 bits per heavy atom. The number of carboxylic acid groups (broad SMARTS) is 1. The van der Waals surface area contributed by atoms with Crippen LogP contribution in [-0.4, -0.2) is 87.6 Å². The topological polar surface area (TPSA) is 105 Å². The minimum Gasteiger partial charge on any atom is -0.478 e. The number of fused-ring (bicyclic) bond motifs is 1. The average Bonchev–Trinajstić information content (AvgIpc) is 3.38. The highest BCUT2D eigenvalue weighted by molar-refractivity contribution is 5.92. The van der Waals surface area contributed by atoms with Crippen molar-refractivity contribution in [2.45, 2.75) is 57.2 Å². The number of hydrogen-bond donors (Lipinski definition) is 1. The number of carbonyl (C=O) groups is 1. The van der Waals surface area contributed by atoms with Gasteiger partial charge in [-0.3, -0.25) is 9.91 Å². The summed E-state index contributed by atoms with van der Waals surface area (Å²) >= 11 is 0. The number of aromatic carboxylic acids is 1. The van der Waals surface area contributed by atoms with Crippen LogP contribution in [0.15, 0.2) is 77.1 Å². The number of benzene rings is 1. The Kier molecular flexibility index (Phi) is 9.84. The van der Waals surface area contributed by atoms with Crippen molar-refractivity contribution < 1.29 is 28.2 Å². The quantitative estimate of drug-likeness (QED) is 0.191. The first kappa shape index (κ1) is 31.6. The van der Waals surface area contributed by atoms with Crippen molar-refractivity contribution in [3.8, 4) is 5.88 Å². The van der Waals surface area contributed by atoms with Crippen LogP contribution in [0, 0.1) is 0 Å². The lowest BCUT2D eigenvalue weighted by molar-refractivity contribution is -0.0592. The van der Waals surface area contributed by atoms with E-state index in [1.807, 2.05) is 30.4 Å². The number of rotatable bonds is 13. The van der Waals surface area contributed by atoms with Gasteiger partial charge >= 0.3 is 5.97 Å². The molecule has 3 aromatic rings. The lowest BCUT2D eigenvalue weighted by Gasteiger charge is -2.32. The number of likely N-dealkylation sites (tertiary alicyclic amines) is 1. The van der Waals surface area contributed by atoms with Gasteiger partial charge in [0.2, 0.25) is 5.88 Å². The van der Waals surface area contributed by atoms with Crippen LogP contribution in [0.3, 0.4) is 0 Å². The first-order valence-corrected chi connectivity index (χ1v) is 15.6. The Hall–Kier alpha value is -4.42. The largest absolute Gasteiger partial charge is 0.478 e. The fraction of sp³-hybridized carbons (Fsp3) is 0.412. The summed E-state index contributed by atoms with van der Waals surface area (Å²) in [6, 6.07) is 11.0. The van der Waals surface area contributed by atoms with E-state index in [4.69, 9.17) is 19.4 Å². The van der Waals surface area contributed by atoms with E-state index in [9.17, 15) is 18.7 Å². The van der Waals surface area contributed by atoms with E-state index < -0.39 is 18.9 Å². The molecule has 0 amide bonds. The predicted octanol–water partition coefficient (Wildman–Crippen LogP) is 5.63. The molecule has 46 heavy (non-hydrogen) atoms. The maximum Gasteiger partial charge on any atom is 0.335 e. The van der Waals surface area contributed by atoms with Crippen LogP contribution in [0.5, 0.6) is 5.88 Å². The third-order valence-electron chi connectivity index (χ3n) is 8.69. The molecule has 12 heteroatoms. The fourth-order valence-electron chi connectivity index (χ4n) is 6.03. The number of nitrogens with zero attached hydrogens (tertiary/aromatic N) is 6. The van der Waals surface area contributed by atoms with Crippen LogP contribution in [0.2, 0.25) is 0 Å². The van der Waals surface area contributed by atoms with Gasteiger partial charge in [0.05, 0.1) is 35.8 Å². The fourth-order valence-corrected chi connectivity index (χ4v) is 6.03. The van der Waals surface area contributed by atoms with Gasteiger partial charge < -0.3 is 19.1 Å². The van der Waals surface area contributed by atoms with Crippen LogP contribution in [0.25, 0.3) is 11.0 Å². The summed E-state index contributed by atoms with van der Waals surface area (Å²) in [7, 11) is 0. The smallest absolute Gasteiger partial charge is 0.335 e. The summed E-state index contributed by atoms with van der Waals surface area (Å²) in [4.78, 5) is 23.7. The zero-order chi connectivity index (χ0) is 32.0. The van der Waals surface area contributed by atoms with Gasteiger partial charge in [-0.05, 0) is 74.2 Å². The monoisotopic (exact) mass is 632 g/mol. The lowest BCUT2D eigenvalue weighted by Crippen LogP contribution is -2.35. The summed E-state index contributed by atoms with van der Waals surface area (Å²) in [6.45, 7) is 7.12. The molecular formula is C34H38F2N6O4. The summed E-state index contributed by atoms with van der Waals surface area (Å²) in [6.07, 6.45) is 8.51. The van der Waals surface area contributed by atoms with Crippen molar-refractivity contribution in [1.29, 1.82) is 0 Å². The van der Waals surface area contributed by atoms with Crippen LogP contribution < -0.4 is 4.74 Å². The molecule has 1 N–H and O–H groups in total. The Bertz CT molecular complexity index is 1660. The van der Waals surface area contributed by atoms with Gasteiger partial charge in [-0.1, -0.05) is 24.3 Å². The third kappa shape index (κ3) is 7.68. The SMILES string of the molecule is C=NN(/C=C1/C=CC(COc2cccc(C3CCN(Cc4nc5ccc(C(=O)O)cc5n4CC4CCO4)CC3)n2)=CC1)CC(F)F. The molecule has 2 aliphatic heterocycles. The number of ether oxygens (including phenoxy) is 2. The molecule has 0 saturated carbocycles. The molecule has 1 unspecified atom stereocenters. The Morgan fingerprint density at radius 2 is 2.02 bits per heavy atom. The van der Waals surface area contributed by atoms with Crippen LogP contribution >= 0.6 is 0 Å². The third-order valence-corrected chi connectivity index (χ3v) is 8.69. The van der Waals surface area contributed by atoms with E-state index in [0.717, 1.165) is 77.7 Å². The van der Waals surface area contributed by atoms with Gasteiger partial charge in [0.25, 0.3) is 6.43 Å². The number of halogens is 2. The highest BCUT2D eigenvalue weighted by Crippen LogP contribution is 2.30. The lowest BCUT2D eigenvalue weighted by atomic mass is 9.93. The average molecular weight is 633 g/mol. The van der Waals surface area contributed by atoms with Crippen molar-refractivity contribution in [3.05, 3.63) is 89.1 Å². The zero-order valence-corrected chi connectivity index (χ0v) is 25.6. The Labute approximate surface area is 266 Å². The number of aromatic nitrogens is 3. The molecule has 1 atom stereocenters. The van der Waals surface area contributed by atoms with Gasteiger partial charge in [-0.15, -0.1) is 0 Å². The maximum absolute atomic E-state index is 12.7. The van der Waals surface area contributed by atoms with Gasteiger partial charge in [0, 0.05) is 37.2 Å². The molecule has 2 aromatic heterocycles. The van der Waals surface area contributed by atoms with E-state index >= 15 is 0 Å². The molecule has 2 fully saturated rings. The minimum atomic E-state index is -2.49. The summed E-state index contributed by atoms with van der Waals surface area (Å²) in [5.74, 6) is 0.867. The van der Waals surface area contributed by atoms with Crippen LogP contribution in [0.4, 0.5) is 8.78 Å². The Balaban J connectivity index is 1.03. The molecule has 0 radical (unpaired) electrons. The van der Waals surface area contributed by atoms with E-state index in [-0.39, 0.29) is 11.7 Å². The minimum absolute atomic E-state index is 0.126. The Morgan fingerprint density at radius 1 is 1.20 bits per heavy atom. The highest BCUT2D eigenvalue weighted by atomic mass is 19.3. The number of hydrazone groups is 1. The summed E-state index contributed by atoms with van der Waals surface area (Å²) < 4.78 is 39.2. The molecular weight excluding hydrogens is 594 g/mol. The molecule has 1 aromatic carbocycles. The number of pyridine rings is 1. The van der Waals surface area contributed by atoms with Crippen molar-refractivity contribution in [2.75, 3.05) is 32.8 Å². The van der Waals surface area contributed by atoms with E-state index in [1.54, 1.807) is 24.4 Å². The van der Waals surface area contributed by atoms with Crippen LogP contribution in [0.1, 0.15) is 53.5 Å². The van der Waals surface area contributed by atoms with Gasteiger partial charge in [0.1, 0.15) is 19.0 Å². The normalized spacial score (nSPS) is 19.8. The van der Waals surface area contributed by atoms with Crippen molar-refractivity contribution in [3.63, 3.8) is 0 Å². The predicted molar refractivity (Wildman–Crippen MR) is 170 cm³/mol. The van der Waals surface area contributed by atoms with Crippen molar-refractivity contribution in [1.82, 2.24) is 24.4 Å². The van der Waals surface area contributed by atoms with E-state index in [1.165, 1.54) is 0 Å². The van der Waals surface area contributed by atoms with Gasteiger partial charge in [-0.25, -0.2) is 23.5 Å². The number of piperidine rings is 1. The number of alkyl halides is 2. The molecule has 6 rings (SSSR count). The van der Waals surface area contributed by atoms with Gasteiger partial charge in [0.15, 0.2) is 0 Å². The molecule has 0 spiro atoms. The van der Waals surface area contributed by atoms with Gasteiger partial charge in [-0.2, -0.15) is 5.10 Å². The number of carboxylic acids is 1. The number of allylic oxidation sites excluding steroid dienone is 3. The first-order chi connectivity index (χ1) is 22.3. The zero-order valence-electron chi connectivity index (χ0n) is 25.6. The molecule has 3 aliphatic rings. The molecule has 10 nitrogen and oxygen atoms in total. The molecule has 0 bridgehead atoms. The van der Waals surface area contributed by atoms with Crippen molar-refractivity contribution in [2.24, 2.45) is 5.10 Å². The summed E-state index contributed by atoms with van der Waals surface area (Å²) in [5, 5.41) is 14.3. The second-order valence-electron chi connectivity index (χ2n) is 11.8. The standard InChI is InChI=1S/C34H38F2N6O4/c1-37-41(20-31(35)36)18-23-5-7-24(8-6-23)22-46-33-4-2-3-28(39-33)25-11-14-40(15-12-25)21-32-38-29-10-9-26(34(43)44)17-30(29)42(32)19-27-13-16-45-27/h2-5,7-10,17-18,25,27,31H,1,6,11-16,19-22H2,(H,43,44)/b23-18-. The molecule has 2 saturated heterocycles. The van der Waals surface area contributed by atoms with Crippen molar-refractivity contribution >= 4 is 23.7 Å². The molecule has 1 aliphatic carbocycles. The summed E-state index contributed by atoms with van der Waals surface area (Å²) in [5.41, 5.74) is 4.75.